The van der Waals surface area contributed by atoms with Gasteiger partial charge in [-0.25, -0.2) is 14.5 Å². The van der Waals surface area contributed by atoms with Gasteiger partial charge in [0.05, 0.1) is 42.9 Å². The zero-order valence-corrected chi connectivity index (χ0v) is 20.7. The number of hydrogen-bond donors (Lipinski definition) is 2. The Morgan fingerprint density at radius 3 is 2.09 bits per heavy atom. The maximum absolute atomic E-state index is 12.2. The van der Waals surface area contributed by atoms with E-state index in [4.69, 9.17) is 26.2 Å². The number of piperidine rings is 1. The Balaban J connectivity index is 1.80. The van der Waals surface area contributed by atoms with E-state index < -0.39 is 11.4 Å². The largest absolute Gasteiger partial charge is 0.497 e. The SMILES string of the molecule is COc1ccc(-c2c(Cl)c(C3(CO)CCN(C(=O)N(C)O)CC3)nn2-c2ccc(OC)cc2)cc1. The Bertz CT molecular complexity index is 1170. The minimum Gasteiger partial charge on any atom is -0.497 e. The van der Waals surface area contributed by atoms with Crippen LogP contribution in [-0.4, -0.2) is 77.1 Å². The van der Waals surface area contributed by atoms with Gasteiger partial charge in [0.15, 0.2) is 0 Å². The molecule has 0 saturated carbocycles. The van der Waals surface area contributed by atoms with Crippen molar-refractivity contribution in [3.63, 3.8) is 0 Å². The second-order valence-electron chi connectivity index (χ2n) is 8.58. The van der Waals surface area contributed by atoms with E-state index in [1.54, 1.807) is 23.8 Å². The van der Waals surface area contributed by atoms with Crippen molar-refractivity contribution in [2.45, 2.75) is 18.3 Å². The zero-order chi connectivity index (χ0) is 25.2. The van der Waals surface area contributed by atoms with E-state index in [9.17, 15) is 15.1 Å². The molecule has 0 unspecified atom stereocenters. The number of ether oxygens (including phenoxy) is 2. The number of nitrogens with zero attached hydrogens (tertiary/aromatic N) is 4. The first-order valence-corrected chi connectivity index (χ1v) is 11.6. The molecule has 9 nitrogen and oxygen atoms in total. The van der Waals surface area contributed by atoms with Crippen LogP contribution >= 0.6 is 11.6 Å². The highest BCUT2D eigenvalue weighted by Gasteiger charge is 2.42. The van der Waals surface area contributed by atoms with Gasteiger partial charge in [-0.2, -0.15) is 5.10 Å². The number of benzene rings is 2. The molecule has 1 saturated heterocycles. The fourth-order valence-corrected chi connectivity index (χ4v) is 4.87. The van der Waals surface area contributed by atoms with E-state index in [1.807, 2.05) is 48.5 Å². The second-order valence-corrected chi connectivity index (χ2v) is 8.96. The minimum atomic E-state index is -0.735. The van der Waals surface area contributed by atoms with Crippen LogP contribution in [0.25, 0.3) is 16.9 Å². The summed E-state index contributed by atoms with van der Waals surface area (Å²) in [6.45, 7) is 0.535. The molecule has 0 atom stereocenters. The lowest BCUT2D eigenvalue weighted by Gasteiger charge is -2.40. The fourth-order valence-electron chi connectivity index (χ4n) is 4.45. The highest BCUT2D eigenvalue weighted by atomic mass is 35.5. The number of aliphatic hydroxyl groups excluding tert-OH is 1. The average molecular weight is 501 g/mol. The van der Waals surface area contributed by atoms with Gasteiger partial charge in [-0.3, -0.25) is 5.21 Å². The Morgan fingerprint density at radius 2 is 1.60 bits per heavy atom. The molecule has 4 rings (SSSR count). The third kappa shape index (κ3) is 4.67. The number of amides is 2. The highest BCUT2D eigenvalue weighted by Crippen LogP contribution is 2.43. The summed E-state index contributed by atoms with van der Waals surface area (Å²) in [6, 6.07) is 14.5. The van der Waals surface area contributed by atoms with Gasteiger partial charge in [-0.15, -0.1) is 0 Å². The Hall–Kier alpha value is -3.27. The van der Waals surface area contributed by atoms with E-state index in [0.717, 1.165) is 22.7 Å². The summed E-state index contributed by atoms with van der Waals surface area (Å²) in [5.74, 6) is 1.44. The number of likely N-dealkylation sites (tertiary alicyclic amines) is 1. The molecule has 10 heteroatoms. The number of carbonyl (C=O) groups is 1. The normalized spacial score (nSPS) is 15.1. The number of methoxy groups -OCH3 is 2. The summed E-state index contributed by atoms with van der Waals surface area (Å²) in [7, 11) is 4.51. The standard InChI is InChI=1S/C25H29ClN4O5/c1-28(33)24(32)29-14-12-25(16-31,13-15-29)23-21(26)22(17-4-8-19(34-2)9-5-17)30(27-23)18-6-10-20(35-3)11-7-18/h4-11,31,33H,12-16H2,1-3H3. The van der Waals surface area contributed by atoms with E-state index in [0.29, 0.717) is 47.4 Å². The number of carbonyl (C=O) groups excluding carboxylic acids is 1. The van der Waals surface area contributed by atoms with Crippen molar-refractivity contribution in [3.8, 4) is 28.4 Å². The van der Waals surface area contributed by atoms with Crippen LogP contribution < -0.4 is 9.47 Å². The summed E-state index contributed by atoms with van der Waals surface area (Å²) in [4.78, 5) is 13.8. The van der Waals surface area contributed by atoms with Crippen LogP contribution in [0.15, 0.2) is 48.5 Å². The van der Waals surface area contributed by atoms with Gasteiger partial charge in [0.2, 0.25) is 0 Å². The van der Waals surface area contributed by atoms with Crippen molar-refractivity contribution in [1.29, 1.82) is 0 Å². The van der Waals surface area contributed by atoms with Gasteiger partial charge in [-0.1, -0.05) is 11.6 Å². The smallest absolute Gasteiger partial charge is 0.343 e. The quantitative estimate of drug-likeness (QED) is 0.392. The molecule has 1 aromatic heterocycles. The summed E-state index contributed by atoms with van der Waals surface area (Å²) < 4.78 is 12.4. The van der Waals surface area contributed by atoms with Gasteiger partial charge in [-0.05, 0) is 61.4 Å². The van der Waals surface area contributed by atoms with E-state index in [2.05, 4.69) is 0 Å². The van der Waals surface area contributed by atoms with Crippen LogP contribution in [0, 0.1) is 0 Å². The van der Waals surface area contributed by atoms with Crippen LogP contribution in [0.4, 0.5) is 4.79 Å². The first-order chi connectivity index (χ1) is 16.8. The first-order valence-electron chi connectivity index (χ1n) is 11.2. The lowest BCUT2D eigenvalue weighted by Crippen LogP contribution is -2.50. The molecule has 2 aromatic carbocycles. The summed E-state index contributed by atoms with van der Waals surface area (Å²) in [5, 5.41) is 26.0. The van der Waals surface area contributed by atoms with Crippen molar-refractivity contribution >= 4 is 17.6 Å². The molecule has 2 amide bonds. The van der Waals surface area contributed by atoms with Gasteiger partial charge < -0.3 is 19.5 Å². The molecule has 1 aliphatic rings. The minimum absolute atomic E-state index is 0.175. The number of rotatable bonds is 6. The summed E-state index contributed by atoms with van der Waals surface area (Å²) in [6.07, 6.45) is 0.898. The number of urea groups is 1. The zero-order valence-electron chi connectivity index (χ0n) is 19.9. The lowest BCUT2D eigenvalue weighted by atomic mass is 9.76. The van der Waals surface area contributed by atoms with Gasteiger partial charge in [0.25, 0.3) is 0 Å². The van der Waals surface area contributed by atoms with Gasteiger partial charge in [0.1, 0.15) is 11.5 Å². The van der Waals surface area contributed by atoms with Crippen molar-refractivity contribution in [3.05, 3.63) is 59.2 Å². The van der Waals surface area contributed by atoms with Crippen molar-refractivity contribution in [1.82, 2.24) is 19.7 Å². The highest BCUT2D eigenvalue weighted by molar-refractivity contribution is 6.34. The third-order valence-corrected chi connectivity index (χ3v) is 6.94. The maximum Gasteiger partial charge on any atom is 0.343 e. The molecule has 0 bridgehead atoms. The topological polar surface area (TPSA) is 100 Å². The maximum atomic E-state index is 12.2. The Kier molecular flexibility index (Phi) is 7.20. The van der Waals surface area contributed by atoms with Gasteiger partial charge >= 0.3 is 6.03 Å². The van der Waals surface area contributed by atoms with Crippen molar-refractivity contribution in [2.75, 3.05) is 41.0 Å². The number of aromatic nitrogens is 2. The predicted molar refractivity (Wildman–Crippen MR) is 132 cm³/mol. The number of hydroxylamine groups is 2. The molecular formula is C25H29ClN4O5. The molecule has 1 fully saturated rings. The molecule has 1 aliphatic heterocycles. The average Bonchev–Trinajstić information content (AvgIpc) is 3.25. The van der Waals surface area contributed by atoms with Crippen LogP contribution in [0.2, 0.25) is 5.02 Å². The fraction of sp³-hybridized carbons (Fsp3) is 0.360. The Morgan fingerprint density at radius 1 is 1.06 bits per heavy atom. The van der Waals surface area contributed by atoms with Crippen LogP contribution in [0.1, 0.15) is 18.5 Å². The van der Waals surface area contributed by atoms with E-state index in [-0.39, 0.29) is 6.61 Å². The summed E-state index contributed by atoms with van der Waals surface area (Å²) >= 11 is 7.02. The van der Waals surface area contributed by atoms with Gasteiger partial charge in [0, 0.05) is 31.1 Å². The molecule has 0 spiro atoms. The number of aliphatic hydroxyl groups is 1. The molecule has 3 aromatic rings. The van der Waals surface area contributed by atoms with E-state index in [1.165, 1.54) is 7.05 Å². The van der Waals surface area contributed by atoms with Crippen LogP contribution in [-0.2, 0) is 5.41 Å². The van der Waals surface area contributed by atoms with Crippen molar-refractivity contribution in [2.24, 2.45) is 0 Å². The Labute approximate surface area is 209 Å². The number of halogens is 1. The monoisotopic (exact) mass is 500 g/mol. The lowest BCUT2D eigenvalue weighted by molar-refractivity contribution is -0.0386. The molecule has 35 heavy (non-hydrogen) atoms. The van der Waals surface area contributed by atoms with Crippen molar-refractivity contribution < 1.29 is 24.6 Å². The molecule has 186 valence electrons. The predicted octanol–water partition coefficient (Wildman–Crippen LogP) is 3.98. The number of hydrogen-bond acceptors (Lipinski definition) is 6. The molecule has 0 radical (unpaired) electrons. The second kappa shape index (κ2) is 10.2. The summed E-state index contributed by atoms with van der Waals surface area (Å²) in [5.41, 5.74) is 2.16. The van der Waals surface area contributed by atoms with Crippen LogP contribution in [0.3, 0.4) is 0 Å². The first kappa shape index (κ1) is 24.8. The molecule has 0 aliphatic carbocycles. The van der Waals surface area contributed by atoms with E-state index >= 15 is 0 Å². The molecule has 2 heterocycles. The third-order valence-electron chi connectivity index (χ3n) is 6.58. The van der Waals surface area contributed by atoms with Crippen LogP contribution in [0.5, 0.6) is 11.5 Å². The molecular weight excluding hydrogens is 472 g/mol. The molecule has 2 N–H and O–H groups in total.